The predicted octanol–water partition coefficient (Wildman–Crippen LogP) is 3.37. The van der Waals surface area contributed by atoms with Crippen LogP contribution in [0.5, 0.6) is 0 Å². The second kappa shape index (κ2) is 5.00. The summed E-state index contributed by atoms with van der Waals surface area (Å²) in [4.78, 5) is 0. The fraction of sp³-hybridized carbons (Fsp3) is 0.667. The molecule has 3 unspecified atom stereocenters. The van der Waals surface area contributed by atoms with Gasteiger partial charge in [-0.05, 0) is 31.1 Å². The van der Waals surface area contributed by atoms with Crippen molar-refractivity contribution in [3.8, 4) is 0 Å². The Hall–Kier alpha value is -0.830. The molecule has 1 aromatic rings. The number of aromatic nitrogens is 2. The molecule has 0 bridgehead atoms. The Kier molecular flexibility index (Phi) is 3.64. The Morgan fingerprint density at radius 1 is 1.31 bits per heavy atom. The molecule has 4 heteroatoms. The summed E-state index contributed by atoms with van der Waals surface area (Å²) < 4.78 is 0. The van der Waals surface area contributed by atoms with Crippen molar-refractivity contribution in [2.45, 2.75) is 39.2 Å². The van der Waals surface area contributed by atoms with Gasteiger partial charge < -0.3 is 5.32 Å². The first kappa shape index (κ1) is 11.6. The van der Waals surface area contributed by atoms with Gasteiger partial charge in [0.1, 0.15) is 0 Å². The first-order valence-corrected chi connectivity index (χ1v) is 6.27. The van der Waals surface area contributed by atoms with Crippen LogP contribution in [-0.4, -0.2) is 16.2 Å². The lowest BCUT2D eigenvalue weighted by molar-refractivity contribution is 0.261. The van der Waals surface area contributed by atoms with E-state index in [-0.39, 0.29) is 0 Å². The van der Waals surface area contributed by atoms with E-state index >= 15 is 0 Å². The fourth-order valence-electron chi connectivity index (χ4n) is 2.33. The molecule has 2 rings (SSSR count). The maximum Gasteiger partial charge on any atom is 0.153 e. The van der Waals surface area contributed by atoms with Crippen LogP contribution >= 0.6 is 11.6 Å². The highest BCUT2D eigenvalue weighted by Crippen LogP contribution is 2.31. The molecule has 1 aromatic heterocycles. The number of nitrogens with one attached hydrogen (secondary N) is 1. The highest BCUT2D eigenvalue weighted by Gasteiger charge is 2.24. The Bertz CT molecular complexity index is 356. The van der Waals surface area contributed by atoms with Crippen LogP contribution in [0.2, 0.25) is 5.15 Å². The molecule has 1 heterocycles. The molecule has 0 aromatic carbocycles. The number of nitrogens with zero attached hydrogens (tertiary/aromatic N) is 2. The van der Waals surface area contributed by atoms with Crippen LogP contribution in [-0.2, 0) is 0 Å². The lowest BCUT2D eigenvalue weighted by Gasteiger charge is -2.32. The topological polar surface area (TPSA) is 37.8 Å². The van der Waals surface area contributed by atoms with Crippen LogP contribution in [0.1, 0.15) is 33.1 Å². The van der Waals surface area contributed by atoms with Gasteiger partial charge in [-0.25, -0.2) is 0 Å². The molecule has 1 aliphatic rings. The molecular formula is C12H18ClN3. The fourth-order valence-corrected chi connectivity index (χ4v) is 2.50. The third-order valence-corrected chi connectivity index (χ3v) is 3.78. The first-order valence-electron chi connectivity index (χ1n) is 5.90. The van der Waals surface area contributed by atoms with Crippen molar-refractivity contribution in [2.24, 2.45) is 11.8 Å². The molecule has 3 nitrogen and oxygen atoms in total. The summed E-state index contributed by atoms with van der Waals surface area (Å²) in [6, 6.07) is 2.38. The standard InChI is InChI=1S/C12H18ClN3/c1-8-3-4-10(5-9(8)2)15-11-6-12(13)16-14-7-11/h6-10H,3-5H2,1-2H3,(H,15,16). The molecule has 1 saturated carbocycles. The predicted molar refractivity (Wildman–Crippen MR) is 66.6 cm³/mol. The molecule has 1 aliphatic carbocycles. The third-order valence-electron chi connectivity index (χ3n) is 3.59. The summed E-state index contributed by atoms with van der Waals surface area (Å²) in [6.45, 7) is 4.67. The molecule has 16 heavy (non-hydrogen) atoms. The van der Waals surface area contributed by atoms with E-state index in [1.165, 1.54) is 19.3 Å². The summed E-state index contributed by atoms with van der Waals surface area (Å²) in [5, 5.41) is 11.5. The first-order chi connectivity index (χ1) is 7.65. The molecule has 1 N–H and O–H groups in total. The number of hydrogen-bond donors (Lipinski definition) is 1. The summed E-state index contributed by atoms with van der Waals surface area (Å²) in [6.07, 6.45) is 5.48. The molecule has 0 saturated heterocycles. The van der Waals surface area contributed by atoms with Crippen LogP contribution < -0.4 is 5.32 Å². The highest BCUT2D eigenvalue weighted by molar-refractivity contribution is 6.29. The maximum atomic E-state index is 5.80. The number of hydrogen-bond acceptors (Lipinski definition) is 3. The molecule has 1 fully saturated rings. The summed E-state index contributed by atoms with van der Waals surface area (Å²) in [5.41, 5.74) is 0.978. The smallest absolute Gasteiger partial charge is 0.153 e. The van der Waals surface area contributed by atoms with Crippen LogP contribution in [0, 0.1) is 11.8 Å². The van der Waals surface area contributed by atoms with Gasteiger partial charge in [0.25, 0.3) is 0 Å². The van der Waals surface area contributed by atoms with Crippen molar-refractivity contribution in [1.29, 1.82) is 0 Å². The lowest BCUT2D eigenvalue weighted by atomic mass is 9.79. The third kappa shape index (κ3) is 2.85. The second-order valence-corrected chi connectivity index (χ2v) is 5.26. The van der Waals surface area contributed by atoms with Crippen molar-refractivity contribution < 1.29 is 0 Å². The maximum absolute atomic E-state index is 5.80. The minimum atomic E-state index is 0.447. The van der Waals surface area contributed by atoms with Crippen molar-refractivity contribution >= 4 is 17.3 Å². The Morgan fingerprint density at radius 3 is 2.81 bits per heavy atom. The summed E-state index contributed by atoms with van der Waals surface area (Å²) >= 11 is 5.80. The number of rotatable bonds is 2. The van der Waals surface area contributed by atoms with Crippen LogP contribution in [0.25, 0.3) is 0 Å². The van der Waals surface area contributed by atoms with Crippen LogP contribution in [0.15, 0.2) is 12.3 Å². The largest absolute Gasteiger partial charge is 0.381 e. The molecular weight excluding hydrogens is 222 g/mol. The Balaban J connectivity index is 1.95. The van der Waals surface area contributed by atoms with Gasteiger partial charge in [0.05, 0.1) is 11.9 Å². The van der Waals surface area contributed by atoms with E-state index < -0.39 is 0 Å². The zero-order valence-corrected chi connectivity index (χ0v) is 10.5. The Labute approximate surface area is 102 Å². The van der Waals surface area contributed by atoms with Crippen molar-refractivity contribution in [1.82, 2.24) is 10.2 Å². The Morgan fingerprint density at radius 2 is 2.12 bits per heavy atom. The van der Waals surface area contributed by atoms with Gasteiger partial charge in [-0.3, -0.25) is 0 Å². The van der Waals surface area contributed by atoms with Gasteiger partial charge in [-0.15, -0.1) is 5.10 Å². The molecule has 0 spiro atoms. The molecule has 88 valence electrons. The van der Waals surface area contributed by atoms with Crippen molar-refractivity contribution in [3.63, 3.8) is 0 Å². The monoisotopic (exact) mass is 239 g/mol. The minimum Gasteiger partial charge on any atom is -0.381 e. The highest BCUT2D eigenvalue weighted by atomic mass is 35.5. The second-order valence-electron chi connectivity index (χ2n) is 4.88. The van der Waals surface area contributed by atoms with Gasteiger partial charge in [-0.2, -0.15) is 5.10 Å². The van der Waals surface area contributed by atoms with E-state index in [0.29, 0.717) is 11.2 Å². The SMILES string of the molecule is CC1CCC(Nc2cnnc(Cl)c2)CC1C. The van der Waals surface area contributed by atoms with Crippen LogP contribution in [0.3, 0.4) is 0 Å². The van der Waals surface area contributed by atoms with Gasteiger partial charge >= 0.3 is 0 Å². The average Bonchev–Trinajstić information content (AvgIpc) is 2.24. The molecule has 0 aliphatic heterocycles. The van der Waals surface area contributed by atoms with E-state index in [1.807, 2.05) is 6.07 Å². The minimum absolute atomic E-state index is 0.447. The lowest BCUT2D eigenvalue weighted by Crippen LogP contribution is -2.30. The summed E-state index contributed by atoms with van der Waals surface area (Å²) in [5.74, 6) is 1.63. The van der Waals surface area contributed by atoms with E-state index in [0.717, 1.165) is 17.5 Å². The zero-order valence-electron chi connectivity index (χ0n) is 9.78. The van der Waals surface area contributed by atoms with E-state index in [9.17, 15) is 0 Å². The van der Waals surface area contributed by atoms with E-state index in [4.69, 9.17) is 11.6 Å². The number of halogens is 1. The van der Waals surface area contributed by atoms with Crippen molar-refractivity contribution in [3.05, 3.63) is 17.4 Å². The van der Waals surface area contributed by atoms with Gasteiger partial charge in [-0.1, -0.05) is 25.4 Å². The average molecular weight is 240 g/mol. The van der Waals surface area contributed by atoms with Crippen molar-refractivity contribution in [2.75, 3.05) is 5.32 Å². The molecule has 0 radical (unpaired) electrons. The quantitative estimate of drug-likeness (QED) is 0.860. The molecule has 3 atom stereocenters. The van der Waals surface area contributed by atoms with E-state index in [1.54, 1.807) is 6.20 Å². The van der Waals surface area contributed by atoms with Crippen LogP contribution in [0.4, 0.5) is 5.69 Å². The molecule has 0 amide bonds. The normalized spacial score (nSPS) is 30.1. The number of anilines is 1. The van der Waals surface area contributed by atoms with Gasteiger partial charge in [0.15, 0.2) is 5.15 Å². The van der Waals surface area contributed by atoms with E-state index in [2.05, 4.69) is 29.4 Å². The zero-order chi connectivity index (χ0) is 11.5. The summed E-state index contributed by atoms with van der Waals surface area (Å²) in [7, 11) is 0. The van der Waals surface area contributed by atoms with Gasteiger partial charge in [0.2, 0.25) is 0 Å². The van der Waals surface area contributed by atoms with Gasteiger partial charge in [0, 0.05) is 12.1 Å².